The number of aliphatic hydroxyl groups excluding tert-OH is 1. The van der Waals surface area contributed by atoms with E-state index in [1.165, 1.54) is 18.3 Å². The number of rotatable bonds is 4. The third-order valence-corrected chi connectivity index (χ3v) is 4.95. The van der Waals surface area contributed by atoms with E-state index < -0.39 is 18.4 Å². The van der Waals surface area contributed by atoms with E-state index in [1.54, 1.807) is 0 Å². The summed E-state index contributed by atoms with van der Waals surface area (Å²) in [5.41, 5.74) is 0.822. The van der Waals surface area contributed by atoms with Crippen molar-refractivity contribution in [1.29, 1.82) is 0 Å². The van der Waals surface area contributed by atoms with Gasteiger partial charge in [-0.3, -0.25) is 4.79 Å². The van der Waals surface area contributed by atoms with Gasteiger partial charge in [0.1, 0.15) is 10.4 Å². The molecule has 0 aliphatic heterocycles. The van der Waals surface area contributed by atoms with Crippen LogP contribution in [0.2, 0.25) is 0 Å². The number of carbonyl (C=O) groups excluding carboxylic acids is 1. The second kappa shape index (κ2) is 8.44. The van der Waals surface area contributed by atoms with Gasteiger partial charge in [0.15, 0.2) is 5.69 Å². The molecule has 1 aliphatic carbocycles. The van der Waals surface area contributed by atoms with E-state index in [1.807, 2.05) is 0 Å². The predicted octanol–water partition coefficient (Wildman–Crippen LogP) is 3.84. The lowest BCUT2D eigenvalue weighted by molar-refractivity contribution is -0.274. The fraction of sp³-hybridized carbons (Fsp3) is 0.389. The molecule has 1 aromatic carbocycles. The molecule has 1 saturated carbocycles. The minimum absolute atomic E-state index is 0.0332. The van der Waals surface area contributed by atoms with Crippen molar-refractivity contribution in [3.8, 4) is 17.0 Å². The molecule has 1 fully saturated rings. The highest BCUT2D eigenvalue weighted by Crippen LogP contribution is 2.26. The van der Waals surface area contributed by atoms with Crippen molar-refractivity contribution in [3.05, 3.63) is 40.8 Å². The van der Waals surface area contributed by atoms with E-state index in [2.05, 4.69) is 36.0 Å². The summed E-state index contributed by atoms with van der Waals surface area (Å²) in [6, 6.07) is 4.75. The SMILES string of the molecule is O=C(N[C@@H]1CCCC[C@H]1O)c1nc(-c2ccc(OC(F)(F)F)cc2)cnc1Br. The first-order chi connectivity index (χ1) is 13.2. The second-order valence-corrected chi connectivity index (χ2v) is 7.15. The minimum Gasteiger partial charge on any atom is -0.406 e. The van der Waals surface area contributed by atoms with Crippen molar-refractivity contribution in [1.82, 2.24) is 15.3 Å². The third-order valence-electron chi connectivity index (χ3n) is 4.37. The number of nitrogens with zero attached hydrogens (tertiary/aromatic N) is 2. The number of benzene rings is 1. The van der Waals surface area contributed by atoms with Gasteiger partial charge in [-0.25, -0.2) is 9.97 Å². The number of hydrogen-bond acceptors (Lipinski definition) is 5. The van der Waals surface area contributed by atoms with Gasteiger partial charge in [0, 0.05) is 5.56 Å². The Morgan fingerprint density at radius 2 is 1.89 bits per heavy atom. The standard InChI is InChI=1S/C18H17BrF3N3O3/c19-16-15(17(27)25-12-3-1-2-4-14(12)26)24-13(9-23-16)10-5-7-11(8-6-10)28-18(20,21)22/h5-9,12,14,26H,1-4H2,(H,25,27)/t12-,14-/m1/s1. The summed E-state index contributed by atoms with van der Waals surface area (Å²) < 4.78 is 40.8. The summed E-state index contributed by atoms with van der Waals surface area (Å²) >= 11 is 3.19. The van der Waals surface area contributed by atoms with Crippen LogP contribution < -0.4 is 10.1 Å². The van der Waals surface area contributed by atoms with E-state index in [-0.39, 0.29) is 22.1 Å². The van der Waals surface area contributed by atoms with E-state index in [0.29, 0.717) is 24.1 Å². The van der Waals surface area contributed by atoms with Crippen molar-refractivity contribution in [2.75, 3.05) is 0 Å². The van der Waals surface area contributed by atoms with Crippen LogP contribution in [0.1, 0.15) is 36.2 Å². The Kier molecular flexibility index (Phi) is 6.19. The Balaban J connectivity index is 1.78. The lowest BCUT2D eigenvalue weighted by Gasteiger charge is -2.28. The molecule has 3 rings (SSSR count). The molecular formula is C18H17BrF3N3O3. The third kappa shape index (κ3) is 5.20. The number of aromatic nitrogens is 2. The van der Waals surface area contributed by atoms with E-state index >= 15 is 0 Å². The zero-order chi connectivity index (χ0) is 20.3. The van der Waals surface area contributed by atoms with Gasteiger partial charge in [0.2, 0.25) is 0 Å². The Hall–Kier alpha value is -2.20. The number of carbonyl (C=O) groups is 1. The maximum absolute atomic E-state index is 12.6. The Labute approximate surface area is 167 Å². The van der Waals surface area contributed by atoms with Crippen molar-refractivity contribution in [3.63, 3.8) is 0 Å². The quantitative estimate of drug-likeness (QED) is 0.725. The normalized spacial score (nSPS) is 19.9. The minimum atomic E-state index is -4.77. The van der Waals surface area contributed by atoms with Crippen molar-refractivity contribution >= 4 is 21.8 Å². The van der Waals surface area contributed by atoms with E-state index in [4.69, 9.17) is 0 Å². The molecule has 6 nitrogen and oxygen atoms in total. The van der Waals surface area contributed by atoms with Gasteiger partial charge in [-0.2, -0.15) is 0 Å². The first-order valence-electron chi connectivity index (χ1n) is 8.60. The number of aliphatic hydroxyl groups is 1. The Morgan fingerprint density at radius 1 is 1.21 bits per heavy atom. The lowest BCUT2D eigenvalue weighted by Crippen LogP contribution is -2.45. The van der Waals surface area contributed by atoms with Crippen LogP contribution in [0.4, 0.5) is 13.2 Å². The van der Waals surface area contributed by atoms with Crippen LogP contribution in [0, 0.1) is 0 Å². The van der Waals surface area contributed by atoms with Gasteiger partial charge < -0.3 is 15.2 Å². The molecule has 1 amide bonds. The molecule has 28 heavy (non-hydrogen) atoms. The van der Waals surface area contributed by atoms with Crippen LogP contribution in [0.3, 0.4) is 0 Å². The average Bonchev–Trinajstić information content (AvgIpc) is 2.63. The summed E-state index contributed by atoms with van der Waals surface area (Å²) in [4.78, 5) is 20.9. The second-order valence-electron chi connectivity index (χ2n) is 6.40. The Bertz CT molecular complexity index is 846. The van der Waals surface area contributed by atoms with Gasteiger partial charge in [-0.1, -0.05) is 12.8 Å². The first-order valence-corrected chi connectivity index (χ1v) is 9.40. The van der Waals surface area contributed by atoms with Crippen LogP contribution in [0.25, 0.3) is 11.3 Å². The number of hydrogen-bond donors (Lipinski definition) is 2. The Morgan fingerprint density at radius 3 is 2.54 bits per heavy atom. The molecular weight excluding hydrogens is 443 g/mol. The van der Waals surface area contributed by atoms with E-state index in [0.717, 1.165) is 25.0 Å². The lowest BCUT2D eigenvalue weighted by atomic mass is 9.92. The monoisotopic (exact) mass is 459 g/mol. The summed E-state index contributed by atoms with van der Waals surface area (Å²) in [5, 5.41) is 12.8. The van der Waals surface area contributed by atoms with Crippen molar-refractivity contribution in [2.45, 2.75) is 44.2 Å². The van der Waals surface area contributed by atoms with Gasteiger partial charge in [-0.05, 0) is 53.0 Å². The summed E-state index contributed by atoms with van der Waals surface area (Å²) in [6.07, 6.45) is -0.831. The predicted molar refractivity (Wildman–Crippen MR) is 97.6 cm³/mol. The molecule has 0 unspecified atom stereocenters. The molecule has 0 bridgehead atoms. The number of nitrogens with one attached hydrogen (secondary N) is 1. The van der Waals surface area contributed by atoms with Gasteiger partial charge in [0.05, 0.1) is 24.0 Å². The smallest absolute Gasteiger partial charge is 0.406 e. The van der Waals surface area contributed by atoms with E-state index in [9.17, 15) is 23.1 Å². The molecule has 0 saturated heterocycles. The summed E-state index contributed by atoms with van der Waals surface area (Å²) in [5.74, 6) is -0.838. The molecule has 1 aliphatic rings. The van der Waals surface area contributed by atoms with Crippen LogP contribution in [0.5, 0.6) is 5.75 Å². The molecule has 2 atom stereocenters. The van der Waals surface area contributed by atoms with Crippen LogP contribution in [-0.4, -0.2) is 39.5 Å². The molecule has 0 spiro atoms. The maximum atomic E-state index is 12.6. The topological polar surface area (TPSA) is 84.3 Å². The highest BCUT2D eigenvalue weighted by Gasteiger charge is 2.31. The number of ether oxygens (including phenoxy) is 1. The number of halogens is 4. The first kappa shape index (κ1) is 20.5. The van der Waals surface area contributed by atoms with Crippen molar-refractivity contribution in [2.24, 2.45) is 0 Å². The van der Waals surface area contributed by atoms with Crippen LogP contribution >= 0.6 is 15.9 Å². The molecule has 150 valence electrons. The number of amides is 1. The molecule has 1 heterocycles. The fourth-order valence-electron chi connectivity index (χ4n) is 3.00. The zero-order valence-corrected chi connectivity index (χ0v) is 16.1. The van der Waals surface area contributed by atoms with Crippen LogP contribution in [-0.2, 0) is 0 Å². The maximum Gasteiger partial charge on any atom is 0.573 e. The highest BCUT2D eigenvalue weighted by molar-refractivity contribution is 9.10. The zero-order valence-electron chi connectivity index (χ0n) is 14.5. The summed E-state index contributed by atoms with van der Waals surface area (Å²) in [7, 11) is 0. The largest absolute Gasteiger partial charge is 0.573 e. The van der Waals surface area contributed by atoms with Crippen LogP contribution in [0.15, 0.2) is 35.1 Å². The molecule has 1 aromatic heterocycles. The molecule has 2 N–H and O–H groups in total. The molecule has 10 heteroatoms. The van der Waals surface area contributed by atoms with Gasteiger partial charge in [-0.15, -0.1) is 13.2 Å². The summed E-state index contributed by atoms with van der Waals surface area (Å²) in [6.45, 7) is 0. The van der Waals surface area contributed by atoms with Gasteiger partial charge in [0.25, 0.3) is 5.91 Å². The average molecular weight is 460 g/mol. The molecule has 2 aromatic rings. The number of alkyl halides is 3. The molecule has 0 radical (unpaired) electrons. The van der Waals surface area contributed by atoms with Crippen molar-refractivity contribution < 1.29 is 27.8 Å². The van der Waals surface area contributed by atoms with Gasteiger partial charge >= 0.3 is 6.36 Å². The highest BCUT2D eigenvalue weighted by atomic mass is 79.9. The fourth-order valence-corrected chi connectivity index (χ4v) is 3.37.